The Morgan fingerprint density at radius 3 is 2.65 bits per heavy atom. The molecule has 0 radical (unpaired) electrons. The summed E-state index contributed by atoms with van der Waals surface area (Å²) in [7, 11) is 1.69. The van der Waals surface area contributed by atoms with Gasteiger partial charge in [0.25, 0.3) is 0 Å². The molecule has 1 N–H and O–H groups in total. The van der Waals surface area contributed by atoms with E-state index in [1.54, 1.807) is 18.4 Å². The number of nitrogens with zero attached hydrogens (tertiary/aromatic N) is 2. The van der Waals surface area contributed by atoms with Gasteiger partial charge in [-0.15, -0.1) is 11.3 Å². The molecule has 0 bridgehead atoms. The Kier molecular flexibility index (Phi) is 4.61. The minimum absolute atomic E-state index is 0.0219. The van der Waals surface area contributed by atoms with E-state index in [0.717, 1.165) is 17.1 Å². The smallest absolute Gasteiger partial charge is 0.174 e. The first kappa shape index (κ1) is 17.0. The highest BCUT2D eigenvalue weighted by Crippen LogP contribution is 2.46. The molecule has 2 aromatic heterocycles. The van der Waals surface area contributed by atoms with E-state index in [1.165, 1.54) is 10.4 Å². The Labute approximate surface area is 162 Å². The molecule has 26 heavy (non-hydrogen) atoms. The zero-order chi connectivity index (χ0) is 18.1. The first-order chi connectivity index (χ1) is 12.7. The highest BCUT2D eigenvalue weighted by Gasteiger charge is 2.42. The molecular formula is C20H19N3OS2. The van der Waals surface area contributed by atoms with Crippen molar-refractivity contribution in [2.75, 3.05) is 12.0 Å². The van der Waals surface area contributed by atoms with Crippen LogP contribution in [0.5, 0.6) is 5.75 Å². The fourth-order valence-electron chi connectivity index (χ4n) is 3.40. The molecule has 1 aromatic carbocycles. The Morgan fingerprint density at radius 2 is 1.96 bits per heavy atom. The zero-order valence-corrected chi connectivity index (χ0v) is 16.2. The molecule has 132 valence electrons. The molecule has 0 spiro atoms. The topological polar surface area (TPSA) is 37.4 Å². The van der Waals surface area contributed by atoms with Crippen LogP contribution >= 0.6 is 23.6 Å². The van der Waals surface area contributed by atoms with Crippen LogP contribution in [0.3, 0.4) is 0 Å². The summed E-state index contributed by atoms with van der Waals surface area (Å²) >= 11 is 7.49. The maximum atomic E-state index is 5.74. The van der Waals surface area contributed by atoms with E-state index in [9.17, 15) is 0 Å². The molecular weight excluding hydrogens is 362 g/mol. The number of ether oxygens (including phenoxy) is 1. The van der Waals surface area contributed by atoms with Gasteiger partial charge in [0.05, 0.1) is 30.6 Å². The quantitative estimate of drug-likeness (QED) is 0.667. The monoisotopic (exact) mass is 381 g/mol. The molecule has 1 aliphatic rings. The summed E-state index contributed by atoms with van der Waals surface area (Å²) in [6.45, 7) is 2.14. The lowest BCUT2D eigenvalue weighted by atomic mass is 10.0. The molecule has 6 heteroatoms. The van der Waals surface area contributed by atoms with Gasteiger partial charge in [-0.3, -0.25) is 4.98 Å². The average Bonchev–Trinajstić information content (AvgIpc) is 3.25. The normalized spacial score (nSPS) is 19.5. The van der Waals surface area contributed by atoms with Gasteiger partial charge in [-0.1, -0.05) is 18.2 Å². The second-order valence-electron chi connectivity index (χ2n) is 6.14. The van der Waals surface area contributed by atoms with Crippen LogP contribution in [0.1, 0.15) is 28.2 Å². The van der Waals surface area contributed by atoms with Gasteiger partial charge >= 0.3 is 0 Å². The third kappa shape index (κ3) is 2.85. The molecule has 3 aromatic rings. The lowest BCUT2D eigenvalue weighted by Gasteiger charge is -2.28. The molecule has 4 nitrogen and oxygen atoms in total. The number of rotatable bonds is 4. The zero-order valence-electron chi connectivity index (χ0n) is 14.5. The number of hydrogen-bond acceptors (Lipinski definition) is 4. The molecule has 4 rings (SSSR count). The first-order valence-corrected chi connectivity index (χ1v) is 9.67. The van der Waals surface area contributed by atoms with E-state index in [0.29, 0.717) is 5.11 Å². The number of thiocarbonyl (C=S) groups is 1. The number of thiophene rings is 1. The summed E-state index contributed by atoms with van der Waals surface area (Å²) in [5, 5.41) is 6.29. The molecule has 0 saturated carbocycles. The molecule has 0 amide bonds. The van der Waals surface area contributed by atoms with Crippen molar-refractivity contribution in [3.05, 3.63) is 76.2 Å². The largest absolute Gasteiger partial charge is 0.495 e. The maximum absolute atomic E-state index is 5.74. The molecule has 1 fully saturated rings. The van der Waals surface area contributed by atoms with Crippen LogP contribution in [0, 0.1) is 6.92 Å². The summed E-state index contributed by atoms with van der Waals surface area (Å²) in [6, 6.07) is 16.1. The maximum Gasteiger partial charge on any atom is 0.174 e. The van der Waals surface area contributed by atoms with Crippen molar-refractivity contribution in [1.29, 1.82) is 0 Å². The van der Waals surface area contributed by atoms with Gasteiger partial charge in [0.2, 0.25) is 0 Å². The second-order valence-corrected chi connectivity index (χ2v) is 7.47. The van der Waals surface area contributed by atoms with E-state index in [-0.39, 0.29) is 12.1 Å². The number of pyridine rings is 1. The van der Waals surface area contributed by atoms with Crippen LogP contribution in [0.2, 0.25) is 0 Å². The first-order valence-electron chi connectivity index (χ1n) is 8.38. The van der Waals surface area contributed by atoms with E-state index in [1.807, 2.05) is 48.7 Å². The van der Waals surface area contributed by atoms with Crippen LogP contribution in [0.4, 0.5) is 5.69 Å². The predicted molar refractivity (Wildman–Crippen MR) is 110 cm³/mol. The van der Waals surface area contributed by atoms with Crippen LogP contribution in [-0.2, 0) is 0 Å². The Morgan fingerprint density at radius 1 is 1.15 bits per heavy atom. The Balaban J connectivity index is 1.87. The van der Waals surface area contributed by atoms with Gasteiger partial charge in [0.1, 0.15) is 5.75 Å². The Bertz CT molecular complexity index is 926. The van der Waals surface area contributed by atoms with Crippen molar-refractivity contribution in [3.8, 4) is 5.75 Å². The standard InChI is InChI=1S/C20H19N3OS2/c1-13-10-12-26-19(13)18-17(14-7-5-6-11-21-14)22-20(25)23(18)15-8-3-4-9-16(15)24-2/h3-12,17-18H,1-2H3,(H,22,25)/t17-,18+/m0/s1. The summed E-state index contributed by atoms with van der Waals surface area (Å²) in [5.41, 5.74) is 3.20. The minimum atomic E-state index is -0.0223. The second kappa shape index (κ2) is 7.05. The summed E-state index contributed by atoms with van der Waals surface area (Å²) < 4.78 is 5.60. The highest BCUT2D eigenvalue weighted by molar-refractivity contribution is 7.80. The number of nitrogens with one attached hydrogen (secondary N) is 1. The molecule has 1 saturated heterocycles. The SMILES string of the molecule is COc1ccccc1N1C(=S)N[C@@H](c2ccccn2)[C@@H]1c1sccc1C. The van der Waals surface area contributed by atoms with Crippen molar-refractivity contribution >= 4 is 34.4 Å². The number of aryl methyl sites for hydroxylation is 1. The fourth-order valence-corrected chi connectivity index (χ4v) is 4.79. The molecule has 3 heterocycles. The van der Waals surface area contributed by atoms with Crippen LogP contribution in [0.15, 0.2) is 60.1 Å². The van der Waals surface area contributed by atoms with Crippen LogP contribution in [0.25, 0.3) is 0 Å². The number of benzene rings is 1. The van der Waals surface area contributed by atoms with E-state index < -0.39 is 0 Å². The number of methoxy groups -OCH3 is 1. The fraction of sp³-hybridized carbons (Fsp3) is 0.200. The third-order valence-electron chi connectivity index (χ3n) is 4.61. The predicted octanol–water partition coefficient (Wildman–Crippen LogP) is 4.64. The molecule has 2 atom stereocenters. The number of hydrogen-bond donors (Lipinski definition) is 1. The molecule has 0 aliphatic carbocycles. The minimum Gasteiger partial charge on any atom is -0.495 e. The van der Waals surface area contributed by atoms with Crippen molar-refractivity contribution < 1.29 is 4.74 Å². The number of anilines is 1. The van der Waals surface area contributed by atoms with Crippen molar-refractivity contribution in [2.45, 2.75) is 19.0 Å². The molecule has 1 aliphatic heterocycles. The van der Waals surface area contributed by atoms with Crippen molar-refractivity contribution in [3.63, 3.8) is 0 Å². The lowest BCUT2D eigenvalue weighted by Crippen LogP contribution is -2.29. The van der Waals surface area contributed by atoms with Gasteiger partial charge in [0.15, 0.2) is 5.11 Å². The lowest BCUT2D eigenvalue weighted by molar-refractivity contribution is 0.414. The summed E-state index contributed by atoms with van der Waals surface area (Å²) in [5.74, 6) is 0.803. The van der Waals surface area contributed by atoms with Gasteiger partial charge < -0.3 is 15.0 Å². The van der Waals surface area contributed by atoms with Crippen LogP contribution in [-0.4, -0.2) is 17.2 Å². The summed E-state index contributed by atoms with van der Waals surface area (Å²) in [4.78, 5) is 8.02. The van der Waals surface area contributed by atoms with Crippen molar-refractivity contribution in [2.24, 2.45) is 0 Å². The number of aromatic nitrogens is 1. The number of para-hydroxylation sites is 2. The highest BCUT2D eigenvalue weighted by atomic mass is 32.1. The Hall–Kier alpha value is -2.44. The van der Waals surface area contributed by atoms with Crippen molar-refractivity contribution in [1.82, 2.24) is 10.3 Å². The van der Waals surface area contributed by atoms with Gasteiger partial charge in [0, 0.05) is 11.1 Å². The van der Waals surface area contributed by atoms with E-state index in [4.69, 9.17) is 17.0 Å². The van der Waals surface area contributed by atoms with Gasteiger partial charge in [-0.05, 0) is 60.4 Å². The van der Waals surface area contributed by atoms with E-state index in [2.05, 4.69) is 33.6 Å². The average molecular weight is 382 g/mol. The van der Waals surface area contributed by atoms with Crippen LogP contribution < -0.4 is 15.0 Å². The summed E-state index contributed by atoms with van der Waals surface area (Å²) in [6.07, 6.45) is 1.82. The van der Waals surface area contributed by atoms with E-state index >= 15 is 0 Å². The van der Waals surface area contributed by atoms with Gasteiger partial charge in [-0.2, -0.15) is 0 Å². The molecule has 0 unspecified atom stereocenters. The van der Waals surface area contributed by atoms with Gasteiger partial charge in [-0.25, -0.2) is 0 Å². The third-order valence-corrected chi connectivity index (χ3v) is 6.02.